The monoisotopic (exact) mass is 490 g/mol. The Hall–Kier alpha value is -2.64. The number of esters is 1. The van der Waals surface area contributed by atoms with Crippen LogP contribution in [0.4, 0.5) is 14.9 Å². The van der Waals surface area contributed by atoms with Crippen molar-refractivity contribution < 1.29 is 28.2 Å². The number of likely N-dealkylation sites (tertiary alicyclic amines) is 1. The molecule has 7 nitrogen and oxygen atoms in total. The van der Waals surface area contributed by atoms with Gasteiger partial charge in [-0.2, -0.15) is 0 Å². The fraction of sp³-hybridized carbons (Fsp3) is 0.667. The van der Waals surface area contributed by atoms with Crippen LogP contribution in [-0.2, 0) is 14.3 Å². The molecular formula is C27H39FN2O5. The van der Waals surface area contributed by atoms with E-state index in [1.54, 1.807) is 41.5 Å². The third kappa shape index (κ3) is 7.18. The second-order valence-electron chi connectivity index (χ2n) is 11.7. The first-order valence-electron chi connectivity index (χ1n) is 12.6. The molecule has 2 aliphatic rings. The first-order chi connectivity index (χ1) is 16.2. The van der Waals surface area contributed by atoms with Crippen LogP contribution in [0.2, 0.25) is 0 Å². The summed E-state index contributed by atoms with van der Waals surface area (Å²) in [4.78, 5) is 40.2. The Labute approximate surface area is 207 Å². The van der Waals surface area contributed by atoms with Crippen LogP contribution in [0.5, 0.6) is 0 Å². The van der Waals surface area contributed by atoms with Crippen LogP contribution < -0.4 is 5.32 Å². The fourth-order valence-electron chi connectivity index (χ4n) is 5.04. The number of carbonyl (C=O) groups excluding carboxylic acids is 3. The molecule has 1 saturated carbocycles. The van der Waals surface area contributed by atoms with Crippen LogP contribution in [0.1, 0.15) is 90.4 Å². The number of carbonyl (C=O) groups is 3. The standard InChI is InChI=1S/C27H39FN2O5/c1-26(2,3)34-24(32)20-13-12-18(16-21(20)28)29-23(31)22-19(17-10-8-7-9-11-17)14-15-30(22)25(33)35-27(4,5)6/h12-13,16-17,19,22H,7-11,14-15H2,1-6H3,(H,29,31)/t19-,22-/m1/s1. The zero-order chi connectivity index (χ0) is 26.0. The maximum Gasteiger partial charge on any atom is 0.410 e. The summed E-state index contributed by atoms with van der Waals surface area (Å²) in [6.07, 6.45) is 5.74. The van der Waals surface area contributed by atoms with E-state index in [9.17, 15) is 18.8 Å². The van der Waals surface area contributed by atoms with E-state index in [2.05, 4.69) is 5.32 Å². The average Bonchev–Trinajstić information content (AvgIpc) is 3.17. The van der Waals surface area contributed by atoms with Gasteiger partial charge in [-0.05, 0) is 78.0 Å². The summed E-state index contributed by atoms with van der Waals surface area (Å²) in [6, 6.07) is 3.20. The van der Waals surface area contributed by atoms with Crippen molar-refractivity contribution in [3.05, 3.63) is 29.6 Å². The van der Waals surface area contributed by atoms with Crippen LogP contribution in [0.3, 0.4) is 0 Å². The highest BCUT2D eigenvalue weighted by Crippen LogP contribution is 2.40. The second kappa shape index (κ2) is 10.5. The molecule has 1 aromatic rings. The summed E-state index contributed by atoms with van der Waals surface area (Å²) in [5.41, 5.74) is -1.41. The van der Waals surface area contributed by atoms with Crippen molar-refractivity contribution in [3.63, 3.8) is 0 Å². The highest BCUT2D eigenvalue weighted by molar-refractivity contribution is 5.98. The smallest absolute Gasteiger partial charge is 0.410 e. The molecule has 1 aliphatic carbocycles. The van der Waals surface area contributed by atoms with E-state index in [-0.39, 0.29) is 23.1 Å². The minimum absolute atomic E-state index is 0.0219. The molecule has 2 amide bonds. The summed E-state index contributed by atoms with van der Waals surface area (Å²) < 4.78 is 25.6. The molecular weight excluding hydrogens is 451 g/mol. The van der Waals surface area contributed by atoms with Crippen molar-refractivity contribution in [3.8, 4) is 0 Å². The van der Waals surface area contributed by atoms with Crippen molar-refractivity contribution in [2.75, 3.05) is 11.9 Å². The molecule has 8 heteroatoms. The number of rotatable bonds is 4. The topological polar surface area (TPSA) is 84.9 Å². The Morgan fingerprint density at radius 3 is 2.14 bits per heavy atom. The zero-order valence-electron chi connectivity index (χ0n) is 21.8. The van der Waals surface area contributed by atoms with E-state index in [1.807, 2.05) is 0 Å². The molecule has 0 bridgehead atoms. The first-order valence-corrected chi connectivity index (χ1v) is 12.6. The van der Waals surface area contributed by atoms with Crippen LogP contribution in [0.15, 0.2) is 18.2 Å². The number of ether oxygens (including phenoxy) is 2. The third-order valence-electron chi connectivity index (χ3n) is 6.45. The van der Waals surface area contributed by atoms with Gasteiger partial charge in [0.05, 0.1) is 5.56 Å². The summed E-state index contributed by atoms with van der Waals surface area (Å²) in [6.45, 7) is 10.9. The van der Waals surface area contributed by atoms with E-state index < -0.39 is 35.1 Å². The van der Waals surface area contributed by atoms with E-state index in [1.165, 1.54) is 23.5 Å². The maximum atomic E-state index is 14.7. The number of amides is 2. The zero-order valence-corrected chi connectivity index (χ0v) is 21.8. The van der Waals surface area contributed by atoms with Crippen LogP contribution in [0, 0.1) is 17.7 Å². The van der Waals surface area contributed by atoms with Gasteiger partial charge in [0.25, 0.3) is 0 Å². The molecule has 1 saturated heterocycles. The number of anilines is 1. The number of nitrogens with zero attached hydrogens (tertiary/aromatic N) is 1. The first kappa shape index (κ1) is 27.0. The van der Waals surface area contributed by atoms with Crippen molar-refractivity contribution in [1.82, 2.24) is 4.90 Å². The van der Waals surface area contributed by atoms with Gasteiger partial charge < -0.3 is 14.8 Å². The fourth-order valence-corrected chi connectivity index (χ4v) is 5.04. The van der Waals surface area contributed by atoms with Gasteiger partial charge in [-0.1, -0.05) is 32.1 Å². The molecule has 1 aliphatic heterocycles. The summed E-state index contributed by atoms with van der Waals surface area (Å²) in [5.74, 6) is -1.53. The van der Waals surface area contributed by atoms with Crippen molar-refractivity contribution >= 4 is 23.7 Å². The van der Waals surface area contributed by atoms with Gasteiger partial charge in [-0.3, -0.25) is 9.69 Å². The normalized spacial score (nSPS) is 21.5. The number of benzene rings is 1. The number of hydrogen-bond donors (Lipinski definition) is 1. The Balaban J connectivity index is 1.80. The predicted octanol–water partition coefficient (Wildman–Crippen LogP) is 5.93. The molecule has 3 rings (SSSR count). The largest absolute Gasteiger partial charge is 0.456 e. The van der Waals surface area contributed by atoms with E-state index >= 15 is 0 Å². The quantitative estimate of drug-likeness (QED) is 0.529. The SMILES string of the molecule is CC(C)(C)OC(=O)c1ccc(NC(=O)[C@H]2[C@@H](C3CCCCC3)CCN2C(=O)OC(C)(C)C)cc1F. The maximum absolute atomic E-state index is 14.7. The van der Waals surface area contributed by atoms with Gasteiger partial charge >= 0.3 is 12.1 Å². The highest BCUT2D eigenvalue weighted by atomic mass is 19.1. The number of nitrogens with one attached hydrogen (secondary N) is 1. The third-order valence-corrected chi connectivity index (χ3v) is 6.45. The Kier molecular flexibility index (Phi) is 8.12. The summed E-state index contributed by atoms with van der Waals surface area (Å²) >= 11 is 0. The molecule has 2 fully saturated rings. The number of hydrogen-bond acceptors (Lipinski definition) is 5. The van der Waals surface area contributed by atoms with Gasteiger partial charge in [-0.25, -0.2) is 14.0 Å². The van der Waals surface area contributed by atoms with Gasteiger partial charge in [0.1, 0.15) is 23.1 Å². The summed E-state index contributed by atoms with van der Waals surface area (Å²) in [7, 11) is 0. The van der Waals surface area contributed by atoms with Gasteiger partial charge in [-0.15, -0.1) is 0 Å². The second-order valence-corrected chi connectivity index (χ2v) is 11.7. The molecule has 0 radical (unpaired) electrons. The molecule has 0 unspecified atom stereocenters. The van der Waals surface area contributed by atoms with E-state index in [0.29, 0.717) is 12.5 Å². The van der Waals surface area contributed by atoms with E-state index in [4.69, 9.17) is 9.47 Å². The lowest BCUT2D eigenvalue weighted by Gasteiger charge is -2.34. The lowest BCUT2D eigenvalue weighted by Crippen LogP contribution is -2.49. The highest BCUT2D eigenvalue weighted by Gasteiger charge is 2.46. The lowest BCUT2D eigenvalue weighted by molar-refractivity contribution is -0.122. The minimum Gasteiger partial charge on any atom is -0.456 e. The minimum atomic E-state index is -0.781. The Morgan fingerprint density at radius 2 is 1.57 bits per heavy atom. The molecule has 1 heterocycles. The molecule has 1 N–H and O–H groups in total. The van der Waals surface area contributed by atoms with Crippen molar-refractivity contribution in [1.29, 1.82) is 0 Å². The van der Waals surface area contributed by atoms with Crippen molar-refractivity contribution in [2.24, 2.45) is 11.8 Å². The van der Waals surface area contributed by atoms with Gasteiger partial charge in [0, 0.05) is 12.2 Å². The van der Waals surface area contributed by atoms with Crippen LogP contribution >= 0.6 is 0 Å². The predicted molar refractivity (Wildman–Crippen MR) is 132 cm³/mol. The average molecular weight is 491 g/mol. The molecule has 194 valence electrons. The number of halogens is 1. The molecule has 0 spiro atoms. The molecule has 35 heavy (non-hydrogen) atoms. The summed E-state index contributed by atoms with van der Waals surface area (Å²) in [5, 5.41) is 2.78. The lowest BCUT2D eigenvalue weighted by atomic mass is 9.76. The Bertz CT molecular complexity index is 944. The molecule has 1 aromatic carbocycles. The Morgan fingerprint density at radius 1 is 0.943 bits per heavy atom. The van der Waals surface area contributed by atoms with Crippen molar-refractivity contribution in [2.45, 2.75) is 97.3 Å². The molecule has 2 atom stereocenters. The van der Waals surface area contributed by atoms with Gasteiger partial charge in [0.2, 0.25) is 5.91 Å². The van der Waals surface area contributed by atoms with Gasteiger partial charge in [0.15, 0.2) is 0 Å². The van der Waals surface area contributed by atoms with Crippen LogP contribution in [0.25, 0.3) is 0 Å². The van der Waals surface area contributed by atoms with Crippen LogP contribution in [-0.4, -0.2) is 46.7 Å². The molecule has 0 aromatic heterocycles. The van der Waals surface area contributed by atoms with E-state index in [0.717, 1.165) is 38.2 Å².